The van der Waals surface area contributed by atoms with E-state index in [9.17, 15) is 9.59 Å². The molecule has 0 bridgehead atoms. The number of primary amides is 1. The molecular formula is C11H17N3O3S. The topological polar surface area (TPSA) is 93.4 Å². The van der Waals surface area contributed by atoms with Gasteiger partial charge in [-0.25, -0.2) is 10.2 Å². The molecule has 4 N–H and O–H groups in total. The molecule has 0 fully saturated rings. The number of ether oxygens (including phenoxy) is 1. The molecule has 0 aliphatic carbocycles. The second kappa shape index (κ2) is 5.83. The molecule has 0 aromatic carbocycles. The van der Waals surface area contributed by atoms with Gasteiger partial charge in [0.15, 0.2) is 0 Å². The van der Waals surface area contributed by atoms with Gasteiger partial charge in [-0.2, -0.15) is 0 Å². The van der Waals surface area contributed by atoms with Crippen LogP contribution in [0.2, 0.25) is 0 Å². The largest absolute Gasteiger partial charge is 0.443 e. The van der Waals surface area contributed by atoms with E-state index in [2.05, 4.69) is 10.9 Å². The summed E-state index contributed by atoms with van der Waals surface area (Å²) in [4.78, 5) is 23.1. The van der Waals surface area contributed by atoms with Crippen LogP contribution in [0.1, 0.15) is 36.0 Å². The molecule has 7 heteroatoms. The second-order valence-corrected chi connectivity index (χ2v) is 5.64. The van der Waals surface area contributed by atoms with Crippen LogP contribution in [-0.2, 0) is 11.3 Å². The third kappa shape index (κ3) is 5.15. The van der Waals surface area contributed by atoms with Gasteiger partial charge in [0.2, 0.25) is 5.91 Å². The van der Waals surface area contributed by atoms with Gasteiger partial charge >= 0.3 is 6.09 Å². The van der Waals surface area contributed by atoms with E-state index in [0.29, 0.717) is 12.1 Å². The van der Waals surface area contributed by atoms with Gasteiger partial charge in [-0.3, -0.25) is 10.2 Å². The molecule has 0 atom stereocenters. The van der Waals surface area contributed by atoms with Crippen molar-refractivity contribution in [3.63, 3.8) is 0 Å². The van der Waals surface area contributed by atoms with Crippen molar-refractivity contribution in [2.24, 2.45) is 5.73 Å². The van der Waals surface area contributed by atoms with Crippen molar-refractivity contribution in [3.8, 4) is 0 Å². The summed E-state index contributed by atoms with van der Waals surface area (Å²) >= 11 is 1.39. The lowest BCUT2D eigenvalue weighted by Crippen LogP contribution is -2.40. The Balaban J connectivity index is 2.33. The van der Waals surface area contributed by atoms with Crippen molar-refractivity contribution < 1.29 is 14.3 Å². The van der Waals surface area contributed by atoms with Gasteiger partial charge in [0, 0.05) is 16.8 Å². The molecule has 0 aliphatic heterocycles. The molecule has 1 rings (SSSR count). The maximum atomic E-state index is 11.3. The predicted molar refractivity (Wildman–Crippen MR) is 69.0 cm³/mol. The zero-order valence-electron chi connectivity index (χ0n) is 10.6. The fourth-order valence-electron chi connectivity index (χ4n) is 1.11. The van der Waals surface area contributed by atoms with Crippen molar-refractivity contribution in [3.05, 3.63) is 21.9 Å². The minimum atomic E-state index is -0.547. The van der Waals surface area contributed by atoms with Crippen LogP contribution in [0.5, 0.6) is 0 Å². The molecule has 1 aromatic heterocycles. The number of hydrogen-bond acceptors (Lipinski definition) is 5. The number of rotatable bonds is 4. The number of hydrazine groups is 1. The molecule has 0 radical (unpaired) electrons. The van der Waals surface area contributed by atoms with E-state index < -0.39 is 17.6 Å². The standard InChI is InChI=1S/C11H17N3O3S/c1-11(2,3)17-10(16)14-13-5-8-4-7(6-18-8)9(12)15/h4,6,13H,5H2,1-3H3,(H2,12,15)(H,14,16). The minimum Gasteiger partial charge on any atom is -0.443 e. The molecule has 0 unspecified atom stereocenters. The molecule has 18 heavy (non-hydrogen) atoms. The van der Waals surface area contributed by atoms with E-state index >= 15 is 0 Å². The van der Waals surface area contributed by atoms with Crippen LogP contribution < -0.4 is 16.6 Å². The minimum absolute atomic E-state index is 0.400. The number of amides is 2. The first kappa shape index (κ1) is 14.5. The van der Waals surface area contributed by atoms with Gasteiger partial charge in [0.25, 0.3) is 0 Å². The quantitative estimate of drug-likeness (QED) is 0.721. The fraction of sp³-hybridized carbons (Fsp3) is 0.455. The van der Waals surface area contributed by atoms with Crippen molar-refractivity contribution in [2.45, 2.75) is 32.9 Å². The number of nitrogens with two attached hydrogens (primary N) is 1. The number of thiophene rings is 1. The van der Waals surface area contributed by atoms with Crippen LogP contribution in [0.4, 0.5) is 4.79 Å². The molecule has 0 spiro atoms. The van der Waals surface area contributed by atoms with Gasteiger partial charge in [-0.15, -0.1) is 11.3 Å². The molecule has 0 aliphatic rings. The van der Waals surface area contributed by atoms with Gasteiger partial charge in [-0.1, -0.05) is 0 Å². The molecule has 0 saturated carbocycles. The Labute approximate surface area is 109 Å². The summed E-state index contributed by atoms with van der Waals surface area (Å²) < 4.78 is 5.04. The first-order valence-corrected chi connectivity index (χ1v) is 6.25. The van der Waals surface area contributed by atoms with Crippen molar-refractivity contribution in [1.29, 1.82) is 0 Å². The molecule has 100 valence electrons. The Morgan fingerprint density at radius 2 is 2.11 bits per heavy atom. The first-order valence-electron chi connectivity index (χ1n) is 5.37. The van der Waals surface area contributed by atoms with E-state index in [4.69, 9.17) is 10.5 Å². The highest BCUT2D eigenvalue weighted by Crippen LogP contribution is 2.13. The lowest BCUT2D eigenvalue weighted by molar-refractivity contribution is 0.0497. The zero-order chi connectivity index (χ0) is 13.8. The predicted octanol–water partition coefficient (Wildman–Crippen LogP) is 1.38. The molecule has 6 nitrogen and oxygen atoms in total. The molecule has 1 heterocycles. The summed E-state index contributed by atoms with van der Waals surface area (Å²) in [5, 5.41) is 1.67. The van der Waals surface area contributed by atoms with E-state index in [1.54, 1.807) is 32.2 Å². The zero-order valence-corrected chi connectivity index (χ0v) is 11.4. The smallest absolute Gasteiger partial charge is 0.422 e. The third-order valence-electron chi connectivity index (χ3n) is 1.79. The van der Waals surface area contributed by atoms with Crippen molar-refractivity contribution in [2.75, 3.05) is 0 Å². The Morgan fingerprint density at radius 1 is 1.44 bits per heavy atom. The Kier molecular flexibility index (Phi) is 4.69. The highest BCUT2D eigenvalue weighted by atomic mass is 32.1. The highest BCUT2D eigenvalue weighted by molar-refractivity contribution is 7.10. The summed E-state index contributed by atoms with van der Waals surface area (Å²) in [6, 6.07) is 1.68. The average Bonchev–Trinajstić information content (AvgIpc) is 2.63. The van der Waals surface area contributed by atoms with Crippen molar-refractivity contribution in [1.82, 2.24) is 10.9 Å². The summed E-state index contributed by atoms with van der Waals surface area (Å²) in [6.45, 7) is 5.75. The number of carbonyl (C=O) groups excluding carboxylic acids is 2. The summed E-state index contributed by atoms with van der Waals surface area (Å²) in [7, 11) is 0. The van der Waals surface area contributed by atoms with E-state index in [1.165, 1.54) is 11.3 Å². The van der Waals surface area contributed by atoms with Crippen LogP contribution in [0.3, 0.4) is 0 Å². The van der Waals surface area contributed by atoms with Crippen LogP contribution in [0.15, 0.2) is 11.4 Å². The maximum absolute atomic E-state index is 11.3. The highest BCUT2D eigenvalue weighted by Gasteiger charge is 2.15. The lowest BCUT2D eigenvalue weighted by atomic mass is 10.2. The fourth-order valence-corrected chi connectivity index (χ4v) is 1.92. The Hall–Kier alpha value is -1.60. The van der Waals surface area contributed by atoms with Crippen LogP contribution >= 0.6 is 11.3 Å². The average molecular weight is 271 g/mol. The number of nitrogens with one attached hydrogen (secondary N) is 2. The maximum Gasteiger partial charge on any atom is 0.422 e. The van der Waals surface area contributed by atoms with Crippen LogP contribution in [0, 0.1) is 0 Å². The van der Waals surface area contributed by atoms with E-state index in [0.717, 1.165) is 4.88 Å². The SMILES string of the molecule is CC(C)(C)OC(=O)NNCc1cc(C(N)=O)cs1. The molecular weight excluding hydrogens is 254 g/mol. The Bertz CT molecular complexity index is 437. The first-order chi connectivity index (χ1) is 8.28. The van der Waals surface area contributed by atoms with Crippen LogP contribution in [0.25, 0.3) is 0 Å². The van der Waals surface area contributed by atoms with Gasteiger partial charge < -0.3 is 10.5 Å². The number of hydrogen-bond donors (Lipinski definition) is 3. The number of carbonyl (C=O) groups is 2. The van der Waals surface area contributed by atoms with Crippen molar-refractivity contribution >= 4 is 23.3 Å². The molecule has 2 amide bonds. The molecule has 0 saturated heterocycles. The van der Waals surface area contributed by atoms with E-state index in [1.807, 2.05) is 0 Å². The monoisotopic (exact) mass is 271 g/mol. The lowest BCUT2D eigenvalue weighted by Gasteiger charge is -2.19. The third-order valence-corrected chi connectivity index (χ3v) is 2.73. The normalized spacial score (nSPS) is 11.1. The van der Waals surface area contributed by atoms with Gasteiger partial charge in [-0.05, 0) is 26.8 Å². The Morgan fingerprint density at radius 3 is 2.61 bits per heavy atom. The van der Waals surface area contributed by atoms with Crippen LogP contribution in [-0.4, -0.2) is 17.6 Å². The molecule has 1 aromatic rings. The van der Waals surface area contributed by atoms with Gasteiger partial charge in [0.05, 0.1) is 5.56 Å². The van der Waals surface area contributed by atoms with Gasteiger partial charge in [0.1, 0.15) is 5.60 Å². The summed E-state index contributed by atoms with van der Waals surface area (Å²) in [5.74, 6) is -0.461. The summed E-state index contributed by atoms with van der Waals surface area (Å²) in [5.41, 5.74) is 10.2. The second-order valence-electron chi connectivity index (χ2n) is 4.65. The summed E-state index contributed by atoms with van der Waals surface area (Å²) in [6.07, 6.45) is -0.547. The van der Waals surface area contributed by atoms with E-state index in [-0.39, 0.29) is 0 Å².